The number of carbonyl (C=O) groups excluding carboxylic acids is 1. The number of anilines is 1. The van der Waals surface area contributed by atoms with Gasteiger partial charge in [-0.2, -0.15) is 0 Å². The monoisotopic (exact) mass is 285 g/mol. The summed E-state index contributed by atoms with van der Waals surface area (Å²) < 4.78 is 5.44. The first kappa shape index (κ1) is 15.1. The fourth-order valence-corrected chi connectivity index (χ4v) is 1.93. The molecule has 0 fully saturated rings. The molecule has 2 aromatic rings. The molecule has 4 nitrogen and oxygen atoms in total. The molecule has 0 heterocycles. The summed E-state index contributed by atoms with van der Waals surface area (Å²) in [5.41, 5.74) is 2.85. The van der Waals surface area contributed by atoms with Gasteiger partial charge in [0.1, 0.15) is 5.75 Å². The zero-order valence-corrected chi connectivity index (χ0v) is 12.0. The molecule has 2 N–H and O–H groups in total. The van der Waals surface area contributed by atoms with Crippen LogP contribution < -0.4 is 10.1 Å². The molecule has 0 saturated heterocycles. The highest BCUT2D eigenvalue weighted by Crippen LogP contribution is 2.14. The van der Waals surface area contributed by atoms with Gasteiger partial charge < -0.3 is 15.2 Å². The predicted molar refractivity (Wildman–Crippen MR) is 82.5 cm³/mol. The van der Waals surface area contributed by atoms with Gasteiger partial charge in [0.25, 0.3) is 5.91 Å². The van der Waals surface area contributed by atoms with Crippen LogP contribution in [0.25, 0.3) is 0 Å². The summed E-state index contributed by atoms with van der Waals surface area (Å²) in [6.07, 6.45) is 0.619. The number of hydrogen-bond donors (Lipinski definition) is 2. The quantitative estimate of drug-likeness (QED) is 0.857. The molecule has 4 heteroatoms. The van der Waals surface area contributed by atoms with Gasteiger partial charge in [-0.25, -0.2) is 0 Å². The number of carbonyl (C=O) groups is 1. The molecule has 21 heavy (non-hydrogen) atoms. The van der Waals surface area contributed by atoms with E-state index >= 15 is 0 Å². The van der Waals surface area contributed by atoms with Crippen LogP contribution in [0.15, 0.2) is 48.5 Å². The van der Waals surface area contributed by atoms with Gasteiger partial charge in [-0.15, -0.1) is 0 Å². The fraction of sp³-hybridized carbons (Fsp3) is 0.235. The van der Waals surface area contributed by atoms with Gasteiger partial charge in [0.15, 0.2) is 6.61 Å². The van der Waals surface area contributed by atoms with E-state index < -0.39 is 0 Å². The summed E-state index contributed by atoms with van der Waals surface area (Å²) in [5.74, 6) is 0.445. The van der Waals surface area contributed by atoms with Gasteiger partial charge in [-0.05, 0) is 42.7 Å². The smallest absolute Gasteiger partial charge is 0.262 e. The van der Waals surface area contributed by atoms with Crippen molar-refractivity contribution in [2.45, 2.75) is 13.3 Å². The highest BCUT2D eigenvalue weighted by Gasteiger charge is 2.05. The van der Waals surface area contributed by atoms with Crippen LogP contribution in [-0.4, -0.2) is 24.2 Å². The highest BCUT2D eigenvalue weighted by molar-refractivity contribution is 5.92. The van der Waals surface area contributed by atoms with E-state index in [0.717, 1.165) is 16.8 Å². The Balaban J connectivity index is 1.85. The van der Waals surface area contributed by atoms with Gasteiger partial charge in [0.05, 0.1) is 0 Å². The Morgan fingerprint density at radius 1 is 1.14 bits per heavy atom. The zero-order valence-electron chi connectivity index (χ0n) is 12.0. The third kappa shape index (κ3) is 4.61. The van der Waals surface area contributed by atoms with Crippen LogP contribution in [0.1, 0.15) is 11.1 Å². The third-order valence-corrected chi connectivity index (χ3v) is 3.11. The van der Waals surface area contributed by atoms with Crippen LogP contribution in [0.3, 0.4) is 0 Å². The minimum atomic E-state index is -0.191. The SMILES string of the molecule is Cc1ccccc1NC(=O)COc1ccc(CCO)cc1. The predicted octanol–water partition coefficient (Wildman–Crippen LogP) is 2.55. The average Bonchev–Trinajstić information content (AvgIpc) is 2.49. The van der Waals surface area contributed by atoms with E-state index in [-0.39, 0.29) is 19.1 Å². The van der Waals surface area contributed by atoms with E-state index in [1.54, 1.807) is 12.1 Å². The summed E-state index contributed by atoms with van der Waals surface area (Å²) in [6.45, 7) is 2.03. The number of amides is 1. The van der Waals surface area contributed by atoms with Crippen molar-refractivity contribution in [1.82, 2.24) is 0 Å². The number of aryl methyl sites for hydroxylation is 1. The number of hydrogen-bond acceptors (Lipinski definition) is 3. The van der Waals surface area contributed by atoms with Gasteiger partial charge in [-0.1, -0.05) is 30.3 Å². The Hall–Kier alpha value is -2.33. The number of nitrogens with one attached hydrogen (secondary N) is 1. The molecule has 2 aromatic carbocycles. The standard InChI is InChI=1S/C17H19NO3/c1-13-4-2-3-5-16(13)18-17(20)12-21-15-8-6-14(7-9-15)10-11-19/h2-9,19H,10-12H2,1H3,(H,18,20). The van der Waals surface area contributed by atoms with Crippen molar-refractivity contribution in [2.75, 3.05) is 18.5 Å². The maximum atomic E-state index is 11.8. The lowest BCUT2D eigenvalue weighted by molar-refractivity contribution is -0.118. The van der Waals surface area contributed by atoms with Crippen LogP contribution in [0.2, 0.25) is 0 Å². The maximum Gasteiger partial charge on any atom is 0.262 e. The lowest BCUT2D eigenvalue weighted by atomic mass is 10.1. The van der Waals surface area contributed by atoms with Crippen molar-refractivity contribution in [3.8, 4) is 5.75 Å². The van der Waals surface area contributed by atoms with Gasteiger partial charge in [-0.3, -0.25) is 4.79 Å². The van der Waals surface area contributed by atoms with Gasteiger partial charge in [0, 0.05) is 12.3 Å². The molecule has 0 aliphatic carbocycles. The van der Waals surface area contributed by atoms with Crippen LogP contribution in [-0.2, 0) is 11.2 Å². The highest BCUT2D eigenvalue weighted by atomic mass is 16.5. The molecule has 0 unspecified atom stereocenters. The lowest BCUT2D eigenvalue weighted by Crippen LogP contribution is -2.20. The number of aliphatic hydroxyl groups excluding tert-OH is 1. The molecule has 0 saturated carbocycles. The molecule has 0 aliphatic rings. The van der Waals surface area contributed by atoms with Crippen molar-refractivity contribution in [1.29, 1.82) is 0 Å². The molecule has 0 aliphatic heterocycles. The third-order valence-electron chi connectivity index (χ3n) is 3.11. The number of para-hydroxylation sites is 1. The minimum Gasteiger partial charge on any atom is -0.484 e. The topological polar surface area (TPSA) is 58.6 Å². The van der Waals surface area contributed by atoms with Crippen molar-refractivity contribution in [3.05, 3.63) is 59.7 Å². The molecule has 1 amide bonds. The van der Waals surface area contributed by atoms with E-state index in [9.17, 15) is 4.79 Å². The van der Waals surface area contributed by atoms with Gasteiger partial charge in [0.2, 0.25) is 0 Å². The second-order valence-corrected chi connectivity index (χ2v) is 4.77. The summed E-state index contributed by atoms with van der Waals surface area (Å²) >= 11 is 0. The summed E-state index contributed by atoms with van der Waals surface area (Å²) in [7, 11) is 0. The second kappa shape index (κ2) is 7.45. The largest absolute Gasteiger partial charge is 0.484 e. The van der Waals surface area contributed by atoms with Crippen LogP contribution in [0, 0.1) is 6.92 Å². The molecule has 110 valence electrons. The molecule has 0 radical (unpaired) electrons. The Labute approximate surface area is 124 Å². The lowest BCUT2D eigenvalue weighted by Gasteiger charge is -2.09. The molecule has 0 spiro atoms. The number of rotatable bonds is 6. The van der Waals surface area contributed by atoms with E-state index in [0.29, 0.717) is 12.2 Å². The number of benzene rings is 2. The van der Waals surface area contributed by atoms with Crippen molar-refractivity contribution in [2.24, 2.45) is 0 Å². The Morgan fingerprint density at radius 3 is 2.52 bits per heavy atom. The Morgan fingerprint density at radius 2 is 1.86 bits per heavy atom. The molecular formula is C17H19NO3. The second-order valence-electron chi connectivity index (χ2n) is 4.77. The van der Waals surface area contributed by atoms with Crippen molar-refractivity contribution in [3.63, 3.8) is 0 Å². The Bertz CT molecular complexity index is 593. The van der Waals surface area contributed by atoms with E-state index in [4.69, 9.17) is 9.84 Å². The van der Waals surface area contributed by atoms with Crippen LogP contribution in [0.5, 0.6) is 5.75 Å². The van der Waals surface area contributed by atoms with E-state index in [2.05, 4.69) is 5.32 Å². The van der Waals surface area contributed by atoms with E-state index in [1.807, 2.05) is 43.3 Å². The first-order valence-electron chi connectivity index (χ1n) is 6.87. The van der Waals surface area contributed by atoms with Gasteiger partial charge >= 0.3 is 0 Å². The summed E-state index contributed by atoms with van der Waals surface area (Å²) in [5, 5.41) is 11.7. The number of aliphatic hydroxyl groups is 1. The summed E-state index contributed by atoms with van der Waals surface area (Å²) in [4.78, 5) is 11.8. The molecular weight excluding hydrogens is 266 g/mol. The van der Waals surface area contributed by atoms with Crippen molar-refractivity contribution >= 4 is 11.6 Å². The maximum absolute atomic E-state index is 11.8. The fourth-order valence-electron chi connectivity index (χ4n) is 1.93. The first-order chi connectivity index (χ1) is 10.2. The molecule has 0 atom stereocenters. The number of ether oxygens (including phenoxy) is 1. The Kier molecular flexibility index (Phi) is 5.35. The van der Waals surface area contributed by atoms with E-state index in [1.165, 1.54) is 0 Å². The van der Waals surface area contributed by atoms with Crippen LogP contribution >= 0.6 is 0 Å². The molecule has 2 rings (SSSR count). The van der Waals surface area contributed by atoms with Crippen LogP contribution in [0.4, 0.5) is 5.69 Å². The normalized spacial score (nSPS) is 10.2. The molecule has 0 bridgehead atoms. The minimum absolute atomic E-state index is 0.0340. The first-order valence-corrected chi connectivity index (χ1v) is 6.87. The molecule has 0 aromatic heterocycles. The summed E-state index contributed by atoms with van der Waals surface area (Å²) in [6, 6.07) is 15.0. The zero-order chi connectivity index (χ0) is 15.1. The average molecular weight is 285 g/mol. The van der Waals surface area contributed by atoms with Crippen molar-refractivity contribution < 1.29 is 14.6 Å².